The number of hydrogen-bond acceptors (Lipinski definition) is 3. The fraction of sp³-hybridized carbons (Fsp3) is 0.0833. The lowest BCUT2D eigenvalue weighted by Crippen LogP contribution is -2.34. The number of rotatable bonds is 5. The summed E-state index contributed by atoms with van der Waals surface area (Å²) in [5.41, 5.74) is 4.45. The van der Waals surface area contributed by atoms with Gasteiger partial charge in [-0.05, 0) is 52.2 Å². The van der Waals surface area contributed by atoms with E-state index < -0.39 is 6.04 Å². The van der Waals surface area contributed by atoms with Gasteiger partial charge in [0.05, 0.1) is 6.21 Å². The normalized spacial score (nSPS) is 12.3. The monoisotopic (exact) mass is 367 g/mol. The fourth-order valence-electron chi connectivity index (χ4n) is 3.15. The lowest BCUT2D eigenvalue weighted by molar-refractivity contribution is -0.121. The predicted octanol–water partition coefficient (Wildman–Crippen LogP) is 4.94. The molecule has 4 aromatic carbocycles. The van der Waals surface area contributed by atoms with E-state index in [1.54, 1.807) is 6.21 Å². The van der Waals surface area contributed by atoms with E-state index in [2.05, 4.69) is 40.1 Å². The summed E-state index contributed by atoms with van der Waals surface area (Å²) in [6.45, 7) is 1.82. The molecule has 0 bridgehead atoms. The van der Waals surface area contributed by atoms with Crippen molar-refractivity contribution >= 4 is 39.4 Å². The van der Waals surface area contributed by atoms with Crippen molar-refractivity contribution < 1.29 is 4.79 Å². The van der Waals surface area contributed by atoms with Crippen molar-refractivity contribution in [2.45, 2.75) is 13.0 Å². The number of nitrogens with zero attached hydrogens (tertiary/aromatic N) is 1. The number of fused-ring (bicyclic) bond motifs is 2. The Bertz CT molecular complexity index is 1170. The number of amides is 1. The highest BCUT2D eigenvalue weighted by Gasteiger charge is 2.11. The molecule has 0 radical (unpaired) electrons. The molecule has 0 aliphatic carbocycles. The Kier molecular flexibility index (Phi) is 5.02. The van der Waals surface area contributed by atoms with Crippen LogP contribution in [-0.2, 0) is 4.79 Å². The number of anilines is 1. The van der Waals surface area contributed by atoms with Crippen molar-refractivity contribution in [2.75, 3.05) is 5.32 Å². The van der Waals surface area contributed by atoms with E-state index in [1.165, 1.54) is 10.8 Å². The van der Waals surface area contributed by atoms with Gasteiger partial charge < -0.3 is 5.32 Å². The molecule has 4 heteroatoms. The molecule has 4 aromatic rings. The van der Waals surface area contributed by atoms with Gasteiger partial charge in [-0.2, -0.15) is 5.10 Å². The lowest BCUT2D eigenvalue weighted by atomic mass is 10.1. The van der Waals surface area contributed by atoms with Crippen molar-refractivity contribution in [3.63, 3.8) is 0 Å². The summed E-state index contributed by atoms with van der Waals surface area (Å²) in [7, 11) is 0. The molecule has 138 valence electrons. The maximum Gasteiger partial charge on any atom is 0.262 e. The molecular formula is C24H21N3O. The molecule has 0 heterocycles. The zero-order valence-corrected chi connectivity index (χ0v) is 15.6. The third-order valence-electron chi connectivity index (χ3n) is 4.69. The second-order valence-corrected chi connectivity index (χ2v) is 6.77. The minimum atomic E-state index is -0.407. The number of benzene rings is 4. The first-order valence-electron chi connectivity index (χ1n) is 9.26. The molecule has 1 atom stereocenters. The van der Waals surface area contributed by atoms with E-state index in [-0.39, 0.29) is 5.91 Å². The van der Waals surface area contributed by atoms with Crippen LogP contribution in [0.3, 0.4) is 0 Å². The van der Waals surface area contributed by atoms with Crippen LogP contribution in [0.5, 0.6) is 0 Å². The molecule has 0 unspecified atom stereocenters. The molecule has 0 saturated carbocycles. The second-order valence-electron chi connectivity index (χ2n) is 6.77. The Hall–Kier alpha value is -3.66. The van der Waals surface area contributed by atoms with E-state index in [9.17, 15) is 4.79 Å². The van der Waals surface area contributed by atoms with Crippen LogP contribution in [0.15, 0.2) is 90.0 Å². The smallest absolute Gasteiger partial charge is 0.262 e. The first-order chi connectivity index (χ1) is 13.7. The van der Waals surface area contributed by atoms with Crippen LogP contribution in [0, 0.1) is 0 Å². The number of hydrazone groups is 1. The van der Waals surface area contributed by atoms with Crippen LogP contribution in [0.2, 0.25) is 0 Å². The van der Waals surface area contributed by atoms with E-state index in [0.717, 1.165) is 22.0 Å². The zero-order chi connectivity index (χ0) is 19.3. The lowest BCUT2D eigenvalue weighted by Gasteiger charge is -2.14. The van der Waals surface area contributed by atoms with Crippen molar-refractivity contribution in [3.8, 4) is 0 Å². The Morgan fingerprint density at radius 2 is 1.43 bits per heavy atom. The summed E-state index contributed by atoms with van der Waals surface area (Å²) in [4.78, 5) is 12.3. The summed E-state index contributed by atoms with van der Waals surface area (Å²) < 4.78 is 0. The summed E-state index contributed by atoms with van der Waals surface area (Å²) >= 11 is 0. The Balaban J connectivity index is 1.38. The average Bonchev–Trinajstić information content (AvgIpc) is 2.73. The minimum absolute atomic E-state index is 0.190. The Morgan fingerprint density at radius 1 is 0.821 bits per heavy atom. The molecule has 0 spiro atoms. The maximum absolute atomic E-state index is 12.3. The molecule has 0 fully saturated rings. The molecule has 0 aliphatic rings. The predicted molar refractivity (Wildman–Crippen MR) is 117 cm³/mol. The van der Waals surface area contributed by atoms with Gasteiger partial charge in [-0.1, -0.05) is 66.7 Å². The number of carbonyl (C=O) groups is 1. The van der Waals surface area contributed by atoms with Crippen molar-refractivity contribution in [3.05, 3.63) is 90.5 Å². The van der Waals surface area contributed by atoms with Crippen molar-refractivity contribution in [1.29, 1.82) is 0 Å². The average molecular weight is 367 g/mol. The van der Waals surface area contributed by atoms with E-state index in [1.807, 2.05) is 67.6 Å². The first-order valence-corrected chi connectivity index (χ1v) is 9.26. The number of nitrogens with one attached hydrogen (secondary N) is 2. The summed E-state index contributed by atoms with van der Waals surface area (Å²) in [5, 5.41) is 11.9. The minimum Gasteiger partial charge on any atom is -0.374 e. The Morgan fingerprint density at radius 3 is 2.14 bits per heavy atom. The highest BCUT2D eigenvalue weighted by atomic mass is 16.2. The number of hydrogen-bond donors (Lipinski definition) is 2. The summed E-state index contributed by atoms with van der Waals surface area (Å²) in [6, 6.07) is 28.0. The van der Waals surface area contributed by atoms with Gasteiger partial charge in [-0.15, -0.1) is 0 Å². The molecule has 4 rings (SSSR count). The molecule has 0 saturated heterocycles. The van der Waals surface area contributed by atoms with Crippen LogP contribution in [-0.4, -0.2) is 18.2 Å². The molecule has 1 amide bonds. The first kappa shape index (κ1) is 17.7. The van der Waals surface area contributed by atoms with Gasteiger partial charge in [-0.25, -0.2) is 5.43 Å². The van der Waals surface area contributed by atoms with Crippen LogP contribution in [0.4, 0.5) is 5.69 Å². The number of carbonyl (C=O) groups excluding carboxylic acids is 1. The highest BCUT2D eigenvalue weighted by Crippen LogP contribution is 2.19. The summed E-state index contributed by atoms with van der Waals surface area (Å²) in [5.74, 6) is -0.190. The van der Waals surface area contributed by atoms with Gasteiger partial charge in [0.25, 0.3) is 5.91 Å². The van der Waals surface area contributed by atoms with E-state index in [0.29, 0.717) is 0 Å². The van der Waals surface area contributed by atoms with Crippen LogP contribution >= 0.6 is 0 Å². The molecule has 2 N–H and O–H groups in total. The van der Waals surface area contributed by atoms with Crippen LogP contribution in [0.25, 0.3) is 21.5 Å². The van der Waals surface area contributed by atoms with Gasteiger partial charge in [-0.3, -0.25) is 4.79 Å². The second kappa shape index (κ2) is 7.92. The van der Waals surface area contributed by atoms with E-state index >= 15 is 0 Å². The molecular weight excluding hydrogens is 346 g/mol. The topological polar surface area (TPSA) is 53.5 Å². The van der Waals surface area contributed by atoms with Gasteiger partial charge in [0, 0.05) is 5.69 Å². The van der Waals surface area contributed by atoms with Gasteiger partial charge in [0.15, 0.2) is 0 Å². The molecule has 28 heavy (non-hydrogen) atoms. The highest BCUT2D eigenvalue weighted by molar-refractivity contribution is 5.92. The van der Waals surface area contributed by atoms with Crippen LogP contribution in [0.1, 0.15) is 12.5 Å². The van der Waals surface area contributed by atoms with E-state index in [4.69, 9.17) is 0 Å². The zero-order valence-electron chi connectivity index (χ0n) is 15.6. The maximum atomic E-state index is 12.3. The van der Waals surface area contributed by atoms with Crippen LogP contribution < -0.4 is 10.7 Å². The molecule has 4 nitrogen and oxygen atoms in total. The third-order valence-corrected chi connectivity index (χ3v) is 4.69. The van der Waals surface area contributed by atoms with Gasteiger partial charge in [0.2, 0.25) is 0 Å². The quantitative estimate of drug-likeness (QED) is 0.388. The molecule has 0 aromatic heterocycles. The molecule has 0 aliphatic heterocycles. The van der Waals surface area contributed by atoms with Gasteiger partial charge >= 0.3 is 0 Å². The largest absolute Gasteiger partial charge is 0.374 e. The van der Waals surface area contributed by atoms with Crippen molar-refractivity contribution in [2.24, 2.45) is 5.10 Å². The standard InChI is InChI=1S/C24H21N3O/c1-17(26-23-13-12-20-7-3-5-9-22(20)15-23)24(28)27-25-16-18-10-11-19-6-2-4-8-21(19)14-18/h2-17,26H,1H3,(H,27,28)/b25-16-/t17-/m1/s1. The van der Waals surface area contributed by atoms with Crippen molar-refractivity contribution in [1.82, 2.24) is 5.43 Å². The third kappa shape index (κ3) is 4.01. The van der Waals surface area contributed by atoms with Gasteiger partial charge in [0.1, 0.15) is 6.04 Å². The Labute approximate surface area is 163 Å². The summed E-state index contributed by atoms with van der Waals surface area (Å²) in [6.07, 6.45) is 1.66. The SMILES string of the molecule is C[C@@H](Nc1ccc2ccccc2c1)C(=O)N/N=C\c1ccc2ccccc2c1. The fourth-order valence-corrected chi connectivity index (χ4v) is 3.15.